The monoisotopic (exact) mass is 380 g/mol. The van der Waals surface area contributed by atoms with Gasteiger partial charge < -0.3 is 9.88 Å². The highest BCUT2D eigenvalue weighted by atomic mass is 16.2. The Labute approximate surface area is 168 Å². The second-order valence-corrected chi connectivity index (χ2v) is 7.86. The number of amides is 1. The number of aromatic nitrogens is 1. The molecule has 2 aromatic rings. The summed E-state index contributed by atoms with van der Waals surface area (Å²) in [5.41, 5.74) is 3.54. The highest BCUT2D eigenvalue weighted by molar-refractivity contribution is 5.94. The summed E-state index contributed by atoms with van der Waals surface area (Å²) in [6.45, 7) is 4.79. The number of nitrogens with one attached hydrogen (secondary N) is 1. The summed E-state index contributed by atoms with van der Waals surface area (Å²) < 4.78 is 1.90. The van der Waals surface area contributed by atoms with Crippen molar-refractivity contribution in [3.63, 3.8) is 0 Å². The molecule has 0 spiro atoms. The van der Waals surface area contributed by atoms with Crippen LogP contribution in [0.25, 0.3) is 0 Å². The molecule has 0 fully saturated rings. The number of unbranched alkanes of at least 4 members (excludes halogenated alkanes) is 1. The number of nitrogens with zero attached hydrogens (tertiary/aromatic N) is 1. The van der Waals surface area contributed by atoms with Crippen molar-refractivity contribution in [3.05, 3.63) is 69.1 Å². The lowest BCUT2D eigenvalue weighted by molar-refractivity contribution is 0.0937. The summed E-state index contributed by atoms with van der Waals surface area (Å²) in [7, 11) is 0. The molecule has 1 N–H and O–H groups in total. The fourth-order valence-corrected chi connectivity index (χ4v) is 4.05. The van der Waals surface area contributed by atoms with E-state index in [1.807, 2.05) is 47.9 Å². The molecular weight excluding hydrogens is 348 g/mol. The van der Waals surface area contributed by atoms with E-state index >= 15 is 0 Å². The third kappa shape index (κ3) is 4.73. The van der Waals surface area contributed by atoms with Crippen molar-refractivity contribution >= 4 is 5.91 Å². The summed E-state index contributed by atoms with van der Waals surface area (Å²) >= 11 is 0. The number of pyridine rings is 1. The molecule has 1 aliphatic rings. The number of hydrogen-bond donors (Lipinski definition) is 1. The summed E-state index contributed by atoms with van der Waals surface area (Å²) in [6, 6.07) is 11.6. The van der Waals surface area contributed by atoms with Gasteiger partial charge in [-0.3, -0.25) is 9.59 Å². The largest absolute Gasteiger partial charge is 0.345 e. The van der Waals surface area contributed by atoms with Crippen LogP contribution < -0.4 is 10.9 Å². The second kappa shape index (κ2) is 9.72. The maximum Gasteiger partial charge on any atom is 0.263 e. The van der Waals surface area contributed by atoms with E-state index < -0.39 is 0 Å². The molecule has 3 rings (SSSR count). The molecule has 0 unspecified atom stereocenters. The molecule has 1 aromatic heterocycles. The van der Waals surface area contributed by atoms with Crippen LogP contribution in [0, 0.1) is 0 Å². The Morgan fingerprint density at radius 2 is 1.82 bits per heavy atom. The lowest BCUT2D eigenvalue weighted by atomic mass is 9.95. The van der Waals surface area contributed by atoms with Crippen LogP contribution in [0.2, 0.25) is 0 Å². The maximum absolute atomic E-state index is 13.2. The van der Waals surface area contributed by atoms with E-state index in [-0.39, 0.29) is 17.5 Å². The molecule has 0 radical (unpaired) electrons. The summed E-state index contributed by atoms with van der Waals surface area (Å²) in [6.07, 6.45) is 8.57. The Kier molecular flexibility index (Phi) is 7.07. The Balaban J connectivity index is 1.94. The van der Waals surface area contributed by atoms with Crippen molar-refractivity contribution in [2.75, 3.05) is 0 Å². The maximum atomic E-state index is 13.2. The van der Waals surface area contributed by atoms with Gasteiger partial charge in [0.1, 0.15) is 5.56 Å². The Morgan fingerprint density at radius 3 is 2.54 bits per heavy atom. The summed E-state index contributed by atoms with van der Waals surface area (Å²) in [5, 5.41) is 3.02. The lowest BCUT2D eigenvalue weighted by Crippen LogP contribution is -2.36. The molecule has 28 heavy (non-hydrogen) atoms. The number of carbonyl (C=O) groups excluding carboxylic acids is 1. The van der Waals surface area contributed by atoms with Gasteiger partial charge in [0.15, 0.2) is 0 Å². The normalized spacial score (nSPS) is 15.2. The van der Waals surface area contributed by atoms with Crippen molar-refractivity contribution in [1.82, 2.24) is 9.88 Å². The highest BCUT2D eigenvalue weighted by Crippen LogP contribution is 2.21. The van der Waals surface area contributed by atoms with E-state index in [4.69, 9.17) is 0 Å². The average molecular weight is 381 g/mol. The van der Waals surface area contributed by atoms with Crippen LogP contribution in [0.5, 0.6) is 0 Å². The van der Waals surface area contributed by atoms with Crippen LogP contribution >= 0.6 is 0 Å². The molecule has 4 nitrogen and oxygen atoms in total. The van der Waals surface area contributed by atoms with Gasteiger partial charge in [0.2, 0.25) is 0 Å². The highest BCUT2D eigenvalue weighted by Gasteiger charge is 2.21. The molecular formula is C24H32N2O2. The van der Waals surface area contributed by atoms with Crippen molar-refractivity contribution in [2.45, 2.75) is 77.8 Å². The first kappa shape index (κ1) is 20.4. The molecule has 150 valence electrons. The van der Waals surface area contributed by atoms with Crippen LogP contribution in [0.3, 0.4) is 0 Å². The third-order valence-electron chi connectivity index (χ3n) is 5.73. The number of benzene rings is 1. The van der Waals surface area contributed by atoms with Gasteiger partial charge in [0.05, 0.1) is 6.04 Å². The number of hydrogen-bond acceptors (Lipinski definition) is 2. The number of carbonyl (C=O) groups is 1. The van der Waals surface area contributed by atoms with Crippen LogP contribution in [-0.2, 0) is 19.4 Å². The molecule has 0 aliphatic heterocycles. The molecule has 0 saturated carbocycles. The molecule has 1 atom stereocenters. The minimum Gasteiger partial charge on any atom is -0.345 e. The first-order valence-electron chi connectivity index (χ1n) is 10.7. The van der Waals surface area contributed by atoms with Gasteiger partial charge in [-0.1, -0.05) is 56.5 Å². The van der Waals surface area contributed by atoms with Gasteiger partial charge in [-0.15, -0.1) is 0 Å². The lowest BCUT2D eigenvalue weighted by Gasteiger charge is -2.21. The summed E-state index contributed by atoms with van der Waals surface area (Å²) in [4.78, 5) is 26.2. The molecule has 0 saturated heterocycles. The molecule has 1 heterocycles. The van der Waals surface area contributed by atoms with E-state index in [0.717, 1.165) is 49.8 Å². The standard InChI is InChI=1S/C24H32N2O2/c1-3-4-16-26-22-15-11-6-5-8-14-20(22)17-21(24(26)28)23(27)25-18(2)19-12-9-7-10-13-19/h7,9-10,12-13,17-18H,3-6,8,11,14-16H2,1-2H3,(H,25,27)/t18-/m0/s1. The van der Waals surface area contributed by atoms with Crippen LogP contribution in [0.4, 0.5) is 0 Å². The van der Waals surface area contributed by atoms with Crippen molar-refractivity contribution in [2.24, 2.45) is 0 Å². The van der Waals surface area contributed by atoms with Gasteiger partial charge in [-0.05, 0) is 56.2 Å². The van der Waals surface area contributed by atoms with Crippen molar-refractivity contribution in [1.29, 1.82) is 0 Å². The molecule has 1 amide bonds. The quantitative estimate of drug-likeness (QED) is 0.783. The fourth-order valence-electron chi connectivity index (χ4n) is 4.05. The zero-order chi connectivity index (χ0) is 19.9. The molecule has 1 aromatic carbocycles. The minimum atomic E-state index is -0.267. The molecule has 1 aliphatic carbocycles. The molecule has 0 bridgehead atoms. The third-order valence-corrected chi connectivity index (χ3v) is 5.73. The van der Waals surface area contributed by atoms with Crippen molar-refractivity contribution < 1.29 is 4.79 Å². The smallest absolute Gasteiger partial charge is 0.263 e. The Morgan fingerprint density at radius 1 is 1.11 bits per heavy atom. The average Bonchev–Trinajstić information content (AvgIpc) is 2.68. The Hall–Kier alpha value is -2.36. The second-order valence-electron chi connectivity index (χ2n) is 7.86. The first-order chi connectivity index (χ1) is 13.6. The van der Waals surface area contributed by atoms with Crippen molar-refractivity contribution in [3.8, 4) is 0 Å². The zero-order valence-electron chi connectivity index (χ0n) is 17.2. The SMILES string of the molecule is CCCCn1c2c(cc(C(=O)N[C@@H](C)c3ccccc3)c1=O)CCCCCC2. The zero-order valence-corrected chi connectivity index (χ0v) is 17.2. The van der Waals surface area contributed by atoms with E-state index in [1.54, 1.807) is 0 Å². The number of rotatable bonds is 6. The first-order valence-corrected chi connectivity index (χ1v) is 10.7. The number of fused-ring (bicyclic) bond motifs is 1. The predicted molar refractivity (Wildman–Crippen MR) is 114 cm³/mol. The van der Waals surface area contributed by atoms with Crippen LogP contribution in [0.15, 0.2) is 41.2 Å². The number of aryl methyl sites for hydroxylation is 1. The minimum absolute atomic E-state index is 0.134. The van der Waals surface area contributed by atoms with E-state index in [2.05, 4.69) is 12.2 Å². The van der Waals surface area contributed by atoms with Crippen LogP contribution in [-0.4, -0.2) is 10.5 Å². The van der Waals surface area contributed by atoms with Gasteiger partial charge in [0, 0.05) is 12.2 Å². The molecule has 4 heteroatoms. The van der Waals surface area contributed by atoms with Gasteiger partial charge in [-0.2, -0.15) is 0 Å². The van der Waals surface area contributed by atoms with E-state index in [9.17, 15) is 9.59 Å². The van der Waals surface area contributed by atoms with Crippen LogP contribution in [0.1, 0.15) is 85.6 Å². The van der Waals surface area contributed by atoms with E-state index in [1.165, 1.54) is 18.4 Å². The topological polar surface area (TPSA) is 51.1 Å². The Bertz CT molecular complexity index is 855. The van der Waals surface area contributed by atoms with Gasteiger partial charge in [-0.25, -0.2) is 0 Å². The summed E-state index contributed by atoms with van der Waals surface area (Å²) in [5.74, 6) is -0.267. The predicted octanol–water partition coefficient (Wildman–Crippen LogP) is 4.80. The van der Waals surface area contributed by atoms with Gasteiger partial charge >= 0.3 is 0 Å². The van der Waals surface area contributed by atoms with Gasteiger partial charge in [0.25, 0.3) is 11.5 Å². The fraction of sp³-hybridized carbons (Fsp3) is 0.500. The van der Waals surface area contributed by atoms with E-state index in [0.29, 0.717) is 12.1 Å².